The molecule has 0 heterocycles. The Balaban J connectivity index is 4.06. The number of hydrogen-bond donors (Lipinski definition) is 1. The lowest BCUT2D eigenvalue weighted by molar-refractivity contribution is 0.137. The number of hydrogen-bond acceptors (Lipinski definition) is 2. The minimum Gasteiger partial charge on any atom is -0.383 e. The second-order valence-electron chi connectivity index (χ2n) is 3.29. The van der Waals surface area contributed by atoms with Gasteiger partial charge in [-0.15, -0.1) is 0 Å². The van der Waals surface area contributed by atoms with Crippen molar-refractivity contribution in [3.63, 3.8) is 0 Å². The number of nitrogens with one attached hydrogen (secondary N) is 1. The van der Waals surface area contributed by atoms with Crippen LogP contribution in [0, 0.1) is 5.41 Å². The Bertz CT molecular complexity index is 148. The molecule has 0 aromatic rings. The van der Waals surface area contributed by atoms with Crippen LogP contribution in [0.5, 0.6) is 0 Å². The summed E-state index contributed by atoms with van der Waals surface area (Å²) in [6.45, 7) is 7.86. The van der Waals surface area contributed by atoms with Gasteiger partial charge >= 0.3 is 0 Å². The van der Waals surface area contributed by atoms with Crippen LogP contribution >= 0.6 is 0 Å². The van der Waals surface area contributed by atoms with Crippen molar-refractivity contribution in [3.05, 3.63) is 0 Å². The van der Waals surface area contributed by atoms with Crippen molar-refractivity contribution in [1.82, 2.24) is 4.90 Å². The predicted molar refractivity (Wildman–Crippen MR) is 56.4 cm³/mol. The van der Waals surface area contributed by atoms with Gasteiger partial charge in [-0.25, -0.2) is 0 Å². The maximum atomic E-state index is 7.83. The summed E-state index contributed by atoms with van der Waals surface area (Å²) in [5, 5.41) is 7.83. The van der Waals surface area contributed by atoms with E-state index in [4.69, 9.17) is 10.1 Å². The number of nitrogens with zero attached hydrogens (tertiary/aromatic N) is 1. The lowest BCUT2D eigenvalue weighted by atomic mass is 10.2. The van der Waals surface area contributed by atoms with Crippen LogP contribution in [0.4, 0.5) is 0 Å². The Morgan fingerprint density at radius 2 is 2.08 bits per heavy atom. The molecule has 0 aliphatic carbocycles. The molecule has 1 N–H and O–H groups in total. The highest BCUT2D eigenvalue weighted by molar-refractivity contribution is 5.79. The van der Waals surface area contributed by atoms with Crippen molar-refractivity contribution in [3.8, 4) is 0 Å². The van der Waals surface area contributed by atoms with E-state index in [0.717, 1.165) is 25.2 Å². The molecule has 0 spiro atoms. The summed E-state index contributed by atoms with van der Waals surface area (Å²) in [4.78, 5) is 2.09. The van der Waals surface area contributed by atoms with Crippen LogP contribution in [0.3, 0.4) is 0 Å². The van der Waals surface area contributed by atoms with Crippen LogP contribution in [0.1, 0.15) is 33.6 Å². The van der Waals surface area contributed by atoms with E-state index >= 15 is 0 Å². The van der Waals surface area contributed by atoms with E-state index in [-0.39, 0.29) is 0 Å². The molecule has 0 aromatic carbocycles. The SMILES string of the molecule is CCCC(=N)N(CC)C(C)COC. The number of ether oxygens (including phenoxy) is 1. The Morgan fingerprint density at radius 3 is 2.46 bits per heavy atom. The molecule has 3 heteroatoms. The van der Waals surface area contributed by atoms with E-state index in [1.165, 1.54) is 0 Å². The molecule has 0 saturated heterocycles. The monoisotopic (exact) mass is 186 g/mol. The molecule has 0 aromatic heterocycles. The fourth-order valence-electron chi connectivity index (χ4n) is 1.48. The molecule has 13 heavy (non-hydrogen) atoms. The molecule has 0 fully saturated rings. The number of likely N-dealkylation sites (N-methyl/N-ethyl adjacent to an activating group) is 1. The molecular weight excluding hydrogens is 164 g/mol. The van der Waals surface area contributed by atoms with E-state index in [9.17, 15) is 0 Å². The van der Waals surface area contributed by atoms with Gasteiger partial charge in [0, 0.05) is 20.1 Å². The third-order valence-corrected chi connectivity index (χ3v) is 2.11. The molecule has 0 radical (unpaired) electrons. The Kier molecular flexibility index (Phi) is 6.59. The quantitative estimate of drug-likeness (QED) is 0.509. The van der Waals surface area contributed by atoms with Crippen molar-refractivity contribution in [2.24, 2.45) is 0 Å². The predicted octanol–water partition coefficient (Wildman–Crippen LogP) is 2.12. The van der Waals surface area contributed by atoms with Gasteiger partial charge in [-0.05, 0) is 20.3 Å². The molecule has 0 aliphatic heterocycles. The van der Waals surface area contributed by atoms with Crippen molar-refractivity contribution >= 4 is 5.84 Å². The normalized spacial score (nSPS) is 12.6. The third-order valence-electron chi connectivity index (χ3n) is 2.11. The van der Waals surface area contributed by atoms with Gasteiger partial charge in [0.2, 0.25) is 0 Å². The van der Waals surface area contributed by atoms with Crippen molar-refractivity contribution in [2.75, 3.05) is 20.3 Å². The molecule has 0 saturated carbocycles. The van der Waals surface area contributed by atoms with Gasteiger partial charge < -0.3 is 9.64 Å². The molecule has 0 rings (SSSR count). The second kappa shape index (κ2) is 6.89. The van der Waals surface area contributed by atoms with Gasteiger partial charge in [0.05, 0.1) is 18.5 Å². The van der Waals surface area contributed by atoms with Crippen LogP contribution in [0.2, 0.25) is 0 Å². The second-order valence-corrected chi connectivity index (χ2v) is 3.29. The number of amidine groups is 1. The molecular formula is C10H22N2O. The lowest BCUT2D eigenvalue weighted by Crippen LogP contribution is -2.40. The summed E-state index contributed by atoms with van der Waals surface area (Å²) < 4.78 is 5.08. The van der Waals surface area contributed by atoms with E-state index in [1.54, 1.807) is 7.11 Å². The summed E-state index contributed by atoms with van der Waals surface area (Å²) in [5.74, 6) is 0.731. The number of methoxy groups -OCH3 is 1. The third kappa shape index (κ3) is 4.27. The minimum atomic E-state index is 0.314. The maximum Gasteiger partial charge on any atom is 0.0960 e. The smallest absolute Gasteiger partial charge is 0.0960 e. The highest BCUT2D eigenvalue weighted by atomic mass is 16.5. The van der Waals surface area contributed by atoms with Crippen molar-refractivity contribution in [1.29, 1.82) is 5.41 Å². The first-order valence-electron chi connectivity index (χ1n) is 5.00. The maximum absolute atomic E-state index is 7.83. The summed E-state index contributed by atoms with van der Waals surface area (Å²) in [6.07, 6.45) is 1.90. The first-order chi connectivity index (χ1) is 6.17. The Hall–Kier alpha value is -0.570. The summed E-state index contributed by atoms with van der Waals surface area (Å²) in [6, 6.07) is 0.314. The van der Waals surface area contributed by atoms with Gasteiger partial charge in [-0.2, -0.15) is 0 Å². The van der Waals surface area contributed by atoms with Crippen LogP contribution in [0.15, 0.2) is 0 Å². The van der Waals surface area contributed by atoms with Gasteiger partial charge in [0.1, 0.15) is 0 Å². The van der Waals surface area contributed by atoms with E-state index in [2.05, 4.69) is 25.7 Å². The first kappa shape index (κ1) is 12.4. The highest BCUT2D eigenvalue weighted by Gasteiger charge is 2.13. The highest BCUT2D eigenvalue weighted by Crippen LogP contribution is 2.04. The van der Waals surface area contributed by atoms with Gasteiger partial charge in [0.25, 0.3) is 0 Å². The zero-order valence-corrected chi connectivity index (χ0v) is 9.26. The molecule has 1 unspecified atom stereocenters. The molecule has 78 valence electrons. The van der Waals surface area contributed by atoms with Gasteiger partial charge in [-0.1, -0.05) is 6.92 Å². The van der Waals surface area contributed by atoms with Crippen molar-refractivity contribution in [2.45, 2.75) is 39.7 Å². The Labute approximate surface area is 81.6 Å². The standard InChI is InChI=1S/C10H22N2O/c1-5-7-10(11)12(6-2)9(3)8-13-4/h9,11H,5-8H2,1-4H3. The van der Waals surface area contributed by atoms with E-state index < -0.39 is 0 Å². The van der Waals surface area contributed by atoms with Gasteiger partial charge in [0.15, 0.2) is 0 Å². The Morgan fingerprint density at radius 1 is 1.46 bits per heavy atom. The van der Waals surface area contributed by atoms with Crippen LogP contribution < -0.4 is 0 Å². The summed E-state index contributed by atoms with van der Waals surface area (Å²) in [5.41, 5.74) is 0. The van der Waals surface area contributed by atoms with Crippen LogP contribution in [-0.4, -0.2) is 37.0 Å². The zero-order chi connectivity index (χ0) is 10.3. The molecule has 0 aliphatic rings. The summed E-state index contributed by atoms with van der Waals surface area (Å²) in [7, 11) is 1.70. The molecule has 0 amide bonds. The van der Waals surface area contributed by atoms with E-state index in [0.29, 0.717) is 12.6 Å². The summed E-state index contributed by atoms with van der Waals surface area (Å²) >= 11 is 0. The van der Waals surface area contributed by atoms with Crippen LogP contribution in [0.25, 0.3) is 0 Å². The fourth-order valence-corrected chi connectivity index (χ4v) is 1.48. The largest absolute Gasteiger partial charge is 0.383 e. The molecule has 0 bridgehead atoms. The zero-order valence-electron chi connectivity index (χ0n) is 9.26. The van der Waals surface area contributed by atoms with Gasteiger partial charge in [-0.3, -0.25) is 5.41 Å². The molecule has 3 nitrogen and oxygen atoms in total. The van der Waals surface area contributed by atoms with Crippen molar-refractivity contribution < 1.29 is 4.74 Å². The number of rotatable bonds is 6. The molecule has 1 atom stereocenters. The average Bonchev–Trinajstić information content (AvgIpc) is 2.06. The van der Waals surface area contributed by atoms with Crippen LogP contribution in [-0.2, 0) is 4.74 Å². The minimum absolute atomic E-state index is 0.314. The average molecular weight is 186 g/mol. The fraction of sp³-hybridized carbons (Fsp3) is 0.900. The topological polar surface area (TPSA) is 36.3 Å². The van der Waals surface area contributed by atoms with E-state index in [1.807, 2.05) is 0 Å². The lowest BCUT2D eigenvalue weighted by Gasteiger charge is -2.29. The first-order valence-corrected chi connectivity index (χ1v) is 5.00.